The first-order chi connectivity index (χ1) is 14.3. The number of imidazole rings is 1. The number of urea groups is 1. The maximum Gasteiger partial charge on any atom is 0.318 e. The molecule has 2 amide bonds. The summed E-state index contributed by atoms with van der Waals surface area (Å²) in [5, 5.41) is 7.33. The van der Waals surface area contributed by atoms with Crippen molar-refractivity contribution in [3.05, 3.63) is 29.7 Å². The van der Waals surface area contributed by atoms with Gasteiger partial charge in [0, 0.05) is 38.1 Å². The SMILES string of the molecule is COCC(c1cnn2cc([C@@H](N)C3CCC(F)(F)CC3)nc2c1)N1C[C@@H](C)NC1=O. The zero-order chi connectivity index (χ0) is 21.5. The highest BCUT2D eigenvalue weighted by molar-refractivity contribution is 5.77. The van der Waals surface area contributed by atoms with Crippen molar-refractivity contribution < 1.29 is 18.3 Å². The molecule has 8 nitrogen and oxygen atoms in total. The number of ether oxygens (including phenoxy) is 1. The van der Waals surface area contributed by atoms with E-state index in [-0.39, 0.29) is 36.9 Å². The Morgan fingerprint density at radius 2 is 2.13 bits per heavy atom. The number of nitrogens with two attached hydrogens (primary N) is 1. The lowest BCUT2D eigenvalue weighted by Crippen LogP contribution is -2.34. The molecule has 1 saturated carbocycles. The number of nitrogens with one attached hydrogen (secondary N) is 1. The minimum atomic E-state index is -2.58. The van der Waals surface area contributed by atoms with Crippen molar-refractivity contribution in [1.82, 2.24) is 24.8 Å². The molecule has 0 radical (unpaired) electrons. The second-order valence-electron chi connectivity index (χ2n) is 8.45. The topological polar surface area (TPSA) is 97.8 Å². The van der Waals surface area contributed by atoms with Crippen molar-refractivity contribution in [1.29, 1.82) is 0 Å². The largest absolute Gasteiger partial charge is 0.382 e. The molecule has 0 aromatic carbocycles. The molecular weight excluding hydrogens is 394 g/mol. The predicted molar refractivity (Wildman–Crippen MR) is 106 cm³/mol. The van der Waals surface area contributed by atoms with Crippen molar-refractivity contribution in [2.24, 2.45) is 11.7 Å². The van der Waals surface area contributed by atoms with E-state index in [0.717, 1.165) is 5.56 Å². The number of rotatable bonds is 6. The van der Waals surface area contributed by atoms with Gasteiger partial charge in [0.2, 0.25) is 5.92 Å². The van der Waals surface area contributed by atoms with E-state index in [2.05, 4.69) is 15.4 Å². The van der Waals surface area contributed by atoms with Crippen LogP contribution in [-0.2, 0) is 4.74 Å². The summed E-state index contributed by atoms with van der Waals surface area (Å²) < 4.78 is 33.9. The van der Waals surface area contributed by atoms with E-state index in [0.29, 0.717) is 37.3 Å². The van der Waals surface area contributed by atoms with E-state index in [1.54, 1.807) is 28.9 Å². The van der Waals surface area contributed by atoms with Gasteiger partial charge in [-0.25, -0.2) is 23.1 Å². The lowest BCUT2D eigenvalue weighted by molar-refractivity contribution is -0.0484. The molecule has 1 unspecified atom stereocenters. The van der Waals surface area contributed by atoms with Gasteiger partial charge in [0.05, 0.1) is 36.8 Å². The highest BCUT2D eigenvalue weighted by Crippen LogP contribution is 2.40. The number of alkyl halides is 2. The molecule has 1 aliphatic heterocycles. The smallest absolute Gasteiger partial charge is 0.318 e. The minimum absolute atomic E-state index is 0.0231. The number of hydrogen-bond acceptors (Lipinski definition) is 5. The fraction of sp³-hybridized carbons (Fsp3) is 0.650. The number of carbonyl (C=O) groups excluding carboxylic acids is 1. The van der Waals surface area contributed by atoms with Crippen LogP contribution in [0.1, 0.15) is 55.9 Å². The number of carbonyl (C=O) groups is 1. The summed E-state index contributed by atoms with van der Waals surface area (Å²) in [7, 11) is 1.59. The third-order valence-electron chi connectivity index (χ3n) is 6.16. The number of methoxy groups -OCH3 is 1. The summed E-state index contributed by atoms with van der Waals surface area (Å²) in [5.41, 5.74) is 8.44. The fourth-order valence-electron chi connectivity index (χ4n) is 4.43. The minimum Gasteiger partial charge on any atom is -0.382 e. The Morgan fingerprint density at radius 3 is 2.77 bits per heavy atom. The molecule has 3 atom stereocenters. The van der Waals surface area contributed by atoms with Gasteiger partial charge < -0.3 is 20.7 Å². The second kappa shape index (κ2) is 8.07. The molecule has 2 aromatic heterocycles. The van der Waals surface area contributed by atoms with Crippen LogP contribution in [0, 0.1) is 5.92 Å². The molecule has 1 saturated heterocycles. The van der Waals surface area contributed by atoms with Gasteiger partial charge in [0.1, 0.15) is 0 Å². The monoisotopic (exact) mass is 422 g/mol. The number of fused-ring (bicyclic) bond motifs is 1. The first kappa shape index (κ1) is 20.9. The summed E-state index contributed by atoms with van der Waals surface area (Å²) >= 11 is 0. The molecule has 3 N–H and O–H groups in total. The van der Waals surface area contributed by atoms with Gasteiger partial charge >= 0.3 is 6.03 Å². The Bertz CT molecular complexity index is 910. The van der Waals surface area contributed by atoms with Crippen LogP contribution in [0.5, 0.6) is 0 Å². The van der Waals surface area contributed by atoms with Crippen LogP contribution in [-0.4, -0.2) is 57.8 Å². The van der Waals surface area contributed by atoms with E-state index < -0.39 is 12.0 Å². The molecular formula is C20H28F2N6O2. The van der Waals surface area contributed by atoms with Gasteiger partial charge in [0.15, 0.2) is 5.65 Å². The Hall–Kier alpha value is -2.33. The summed E-state index contributed by atoms with van der Waals surface area (Å²) in [6, 6.07) is 1.10. The quantitative estimate of drug-likeness (QED) is 0.746. The molecule has 3 heterocycles. The number of halogens is 2. The standard InChI is InChI=1S/C20H28F2N6O2/c1-12-9-27(19(29)25-12)16(11-30-2)14-7-17-26-15(10-28(17)24-8-14)18(23)13-3-5-20(21,22)6-4-13/h7-8,10,12-13,16,18H,3-6,9,11,23H2,1-2H3,(H,25,29)/t12-,16?,18+/m1/s1. The number of amides is 2. The van der Waals surface area contributed by atoms with Crippen molar-refractivity contribution in [2.45, 2.75) is 56.7 Å². The first-order valence-corrected chi connectivity index (χ1v) is 10.3. The fourth-order valence-corrected chi connectivity index (χ4v) is 4.43. The third-order valence-corrected chi connectivity index (χ3v) is 6.16. The Morgan fingerprint density at radius 1 is 1.40 bits per heavy atom. The Kier molecular flexibility index (Phi) is 5.63. The normalized spacial score (nSPS) is 24.2. The van der Waals surface area contributed by atoms with Crippen molar-refractivity contribution in [3.8, 4) is 0 Å². The van der Waals surface area contributed by atoms with Gasteiger partial charge in [-0.1, -0.05) is 0 Å². The third kappa shape index (κ3) is 4.11. The van der Waals surface area contributed by atoms with Crippen molar-refractivity contribution >= 4 is 11.7 Å². The molecule has 4 rings (SSSR count). The van der Waals surface area contributed by atoms with Crippen LogP contribution in [0.2, 0.25) is 0 Å². The van der Waals surface area contributed by atoms with E-state index in [4.69, 9.17) is 10.5 Å². The molecule has 0 spiro atoms. The summed E-state index contributed by atoms with van der Waals surface area (Å²) in [5.74, 6) is -2.61. The van der Waals surface area contributed by atoms with Crippen LogP contribution in [0.25, 0.3) is 5.65 Å². The zero-order valence-electron chi connectivity index (χ0n) is 17.2. The summed E-state index contributed by atoms with van der Waals surface area (Å²) in [6.45, 7) is 2.86. The van der Waals surface area contributed by atoms with Crippen LogP contribution in [0.3, 0.4) is 0 Å². The average Bonchev–Trinajstić information content (AvgIpc) is 3.27. The number of hydrogen-bond donors (Lipinski definition) is 2. The number of nitrogens with zero attached hydrogens (tertiary/aromatic N) is 4. The van der Waals surface area contributed by atoms with Gasteiger partial charge in [-0.3, -0.25) is 0 Å². The van der Waals surface area contributed by atoms with E-state index in [1.165, 1.54) is 0 Å². The average molecular weight is 422 g/mol. The molecule has 30 heavy (non-hydrogen) atoms. The molecule has 1 aliphatic carbocycles. The van der Waals surface area contributed by atoms with Crippen LogP contribution in [0.4, 0.5) is 13.6 Å². The number of aromatic nitrogens is 3. The maximum atomic E-state index is 13.5. The van der Waals surface area contributed by atoms with E-state index in [1.807, 2.05) is 13.0 Å². The van der Waals surface area contributed by atoms with Crippen LogP contribution < -0.4 is 11.1 Å². The summed E-state index contributed by atoms with van der Waals surface area (Å²) in [4.78, 5) is 18.7. The van der Waals surface area contributed by atoms with Crippen molar-refractivity contribution in [3.63, 3.8) is 0 Å². The second-order valence-corrected chi connectivity index (χ2v) is 8.45. The molecule has 2 aliphatic rings. The molecule has 0 bridgehead atoms. The molecule has 164 valence electrons. The predicted octanol–water partition coefficient (Wildman–Crippen LogP) is 2.66. The lowest BCUT2D eigenvalue weighted by atomic mass is 9.81. The van der Waals surface area contributed by atoms with Gasteiger partial charge in [-0.2, -0.15) is 5.10 Å². The zero-order valence-corrected chi connectivity index (χ0v) is 17.2. The highest BCUT2D eigenvalue weighted by Gasteiger charge is 2.38. The van der Waals surface area contributed by atoms with E-state index in [9.17, 15) is 13.6 Å². The highest BCUT2D eigenvalue weighted by atomic mass is 19.3. The van der Waals surface area contributed by atoms with Crippen LogP contribution in [0.15, 0.2) is 18.5 Å². The Labute approximate surface area is 173 Å². The molecule has 10 heteroatoms. The first-order valence-electron chi connectivity index (χ1n) is 10.3. The maximum absolute atomic E-state index is 13.5. The van der Waals surface area contributed by atoms with Gasteiger partial charge in [-0.15, -0.1) is 0 Å². The van der Waals surface area contributed by atoms with Crippen molar-refractivity contribution in [2.75, 3.05) is 20.3 Å². The van der Waals surface area contributed by atoms with Gasteiger partial charge in [-0.05, 0) is 31.7 Å². The van der Waals surface area contributed by atoms with Crippen LogP contribution >= 0.6 is 0 Å². The Balaban J connectivity index is 1.56. The lowest BCUT2D eigenvalue weighted by Gasteiger charge is -2.31. The van der Waals surface area contributed by atoms with Gasteiger partial charge in [0.25, 0.3) is 0 Å². The molecule has 2 aromatic rings. The molecule has 2 fully saturated rings. The summed E-state index contributed by atoms with van der Waals surface area (Å²) in [6.07, 6.45) is 3.97. The van der Waals surface area contributed by atoms with E-state index >= 15 is 0 Å².